The number of rotatable bonds is 6. The third kappa shape index (κ3) is 4.25. The zero-order valence-corrected chi connectivity index (χ0v) is 8.78. The van der Waals surface area contributed by atoms with E-state index >= 15 is 0 Å². The van der Waals surface area contributed by atoms with E-state index in [1.165, 1.54) is 7.11 Å². The monoisotopic (exact) mass is 215 g/mol. The molecule has 0 heterocycles. The van der Waals surface area contributed by atoms with Crippen LogP contribution in [0, 0.1) is 0 Å². The van der Waals surface area contributed by atoms with Crippen molar-refractivity contribution in [1.29, 1.82) is 0 Å². The maximum Gasteiger partial charge on any atom is 0.215 e. The minimum Gasteiger partial charge on any atom is -0.383 e. The number of ether oxygens (including phenoxy) is 1. The summed E-state index contributed by atoms with van der Waals surface area (Å²) < 4.78 is 29.4. The van der Waals surface area contributed by atoms with Crippen molar-refractivity contribution in [2.24, 2.45) is 0 Å². The minimum absolute atomic E-state index is 0.0995. The van der Waals surface area contributed by atoms with Crippen LogP contribution in [0.25, 0.3) is 0 Å². The normalized spacial score (nSPS) is 14.6. The van der Waals surface area contributed by atoms with Crippen molar-refractivity contribution in [2.45, 2.75) is 12.2 Å². The molecule has 4 nitrogen and oxygen atoms in total. The van der Waals surface area contributed by atoms with E-state index in [-0.39, 0.29) is 5.88 Å². The second-order valence-corrected chi connectivity index (χ2v) is 4.89. The highest BCUT2D eigenvalue weighted by molar-refractivity contribution is 7.90. The van der Waals surface area contributed by atoms with E-state index in [1.807, 2.05) is 0 Å². The van der Waals surface area contributed by atoms with Crippen molar-refractivity contribution in [3.63, 3.8) is 0 Å². The van der Waals surface area contributed by atoms with E-state index in [9.17, 15) is 8.42 Å². The number of nitrogens with one attached hydrogen (secondary N) is 1. The summed E-state index contributed by atoms with van der Waals surface area (Å²) in [5.74, 6) is 0.0995. The Kier molecular flexibility index (Phi) is 5.82. The fourth-order valence-electron chi connectivity index (χ4n) is 0.511. The highest BCUT2D eigenvalue weighted by atomic mass is 35.5. The van der Waals surface area contributed by atoms with Crippen LogP contribution in [0.2, 0.25) is 0 Å². The summed E-state index contributed by atoms with van der Waals surface area (Å²) in [4.78, 5) is 0. The van der Waals surface area contributed by atoms with E-state index in [0.29, 0.717) is 13.2 Å². The molecule has 0 aromatic carbocycles. The molecule has 0 amide bonds. The lowest BCUT2D eigenvalue weighted by molar-refractivity contribution is 0.204. The molecule has 0 aliphatic rings. The molecule has 6 heteroatoms. The van der Waals surface area contributed by atoms with Gasteiger partial charge >= 0.3 is 0 Å². The number of halogens is 1. The number of sulfonamides is 1. The Balaban J connectivity index is 3.88. The first kappa shape index (κ1) is 12.2. The Hall–Kier alpha value is 0.160. The molecule has 0 aliphatic heterocycles. The molecule has 0 saturated heterocycles. The lowest BCUT2D eigenvalue weighted by Crippen LogP contribution is -2.35. The van der Waals surface area contributed by atoms with Gasteiger partial charge in [-0.2, -0.15) is 0 Å². The average molecular weight is 216 g/mol. The van der Waals surface area contributed by atoms with Crippen LogP contribution >= 0.6 is 11.6 Å². The summed E-state index contributed by atoms with van der Waals surface area (Å²) in [5, 5.41) is -0.559. The van der Waals surface area contributed by atoms with Gasteiger partial charge in [-0.15, -0.1) is 11.6 Å². The summed E-state index contributed by atoms with van der Waals surface area (Å²) in [6, 6.07) is 0. The van der Waals surface area contributed by atoms with Gasteiger partial charge < -0.3 is 4.74 Å². The van der Waals surface area contributed by atoms with Crippen molar-refractivity contribution >= 4 is 21.6 Å². The molecule has 1 atom stereocenters. The zero-order chi connectivity index (χ0) is 9.61. The SMILES string of the molecule is COCCNS(=O)(=O)C(C)CCl. The third-order valence-electron chi connectivity index (χ3n) is 1.36. The maximum absolute atomic E-state index is 11.2. The lowest BCUT2D eigenvalue weighted by atomic mass is 10.6. The minimum atomic E-state index is -3.24. The van der Waals surface area contributed by atoms with Gasteiger partial charge in [0.25, 0.3) is 0 Å². The fourth-order valence-corrected chi connectivity index (χ4v) is 1.83. The van der Waals surface area contributed by atoms with Crippen molar-refractivity contribution in [3.05, 3.63) is 0 Å². The number of hydrogen-bond donors (Lipinski definition) is 1. The number of methoxy groups -OCH3 is 1. The Morgan fingerprint density at radius 2 is 2.17 bits per heavy atom. The van der Waals surface area contributed by atoms with E-state index in [4.69, 9.17) is 16.3 Å². The second-order valence-electron chi connectivity index (χ2n) is 2.40. The Labute approximate surface area is 78.3 Å². The van der Waals surface area contributed by atoms with E-state index in [2.05, 4.69) is 4.72 Å². The standard InChI is InChI=1S/C6H14ClNO3S/c1-6(5-7)12(9,10)8-3-4-11-2/h6,8H,3-5H2,1-2H3. The summed E-state index contributed by atoms with van der Waals surface area (Å²) in [5.41, 5.74) is 0. The van der Waals surface area contributed by atoms with Gasteiger partial charge in [0.15, 0.2) is 0 Å². The Bertz CT molecular complexity index is 205. The molecule has 0 aromatic rings. The molecule has 74 valence electrons. The Morgan fingerprint density at radius 1 is 1.58 bits per heavy atom. The van der Waals surface area contributed by atoms with Crippen molar-refractivity contribution in [3.8, 4) is 0 Å². The molecule has 0 spiro atoms. The van der Waals surface area contributed by atoms with E-state index in [1.54, 1.807) is 6.92 Å². The van der Waals surface area contributed by atoms with Gasteiger partial charge in [0, 0.05) is 19.5 Å². The molecular formula is C6H14ClNO3S. The van der Waals surface area contributed by atoms with Crippen molar-refractivity contribution < 1.29 is 13.2 Å². The Morgan fingerprint density at radius 3 is 2.58 bits per heavy atom. The maximum atomic E-state index is 11.2. The van der Waals surface area contributed by atoms with Crippen LogP contribution < -0.4 is 4.72 Å². The first-order valence-corrected chi connectivity index (χ1v) is 5.66. The summed E-state index contributed by atoms with van der Waals surface area (Å²) in [6.07, 6.45) is 0. The molecular weight excluding hydrogens is 202 g/mol. The molecule has 12 heavy (non-hydrogen) atoms. The summed E-state index contributed by atoms with van der Waals surface area (Å²) in [7, 11) is -1.73. The molecule has 0 bridgehead atoms. The molecule has 1 unspecified atom stereocenters. The van der Waals surface area contributed by atoms with Gasteiger partial charge in [0.1, 0.15) is 0 Å². The number of alkyl halides is 1. The lowest BCUT2D eigenvalue weighted by Gasteiger charge is -2.10. The van der Waals surface area contributed by atoms with Gasteiger partial charge in [-0.05, 0) is 6.92 Å². The van der Waals surface area contributed by atoms with Crippen LogP contribution in [0.15, 0.2) is 0 Å². The summed E-state index contributed by atoms with van der Waals surface area (Å²) >= 11 is 5.40. The molecule has 0 aromatic heterocycles. The van der Waals surface area contributed by atoms with Gasteiger partial charge in [-0.25, -0.2) is 13.1 Å². The smallest absolute Gasteiger partial charge is 0.215 e. The highest BCUT2D eigenvalue weighted by Gasteiger charge is 2.18. The second kappa shape index (κ2) is 5.75. The summed E-state index contributed by atoms with van der Waals surface area (Å²) in [6.45, 7) is 2.22. The molecule has 0 fully saturated rings. The van der Waals surface area contributed by atoms with Crippen LogP contribution in [-0.4, -0.2) is 39.8 Å². The molecule has 0 rings (SSSR count). The van der Waals surface area contributed by atoms with E-state index < -0.39 is 15.3 Å². The van der Waals surface area contributed by atoms with Gasteiger partial charge in [0.05, 0.1) is 11.9 Å². The average Bonchev–Trinajstić information content (AvgIpc) is 2.03. The largest absolute Gasteiger partial charge is 0.383 e. The van der Waals surface area contributed by atoms with Crippen molar-refractivity contribution in [1.82, 2.24) is 4.72 Å². The predicted octanol–water partition coefficient (Wildman–Crippen LogP) is 0.179. The van der Waals surface area contributed by atoms with Gasteiger partial charge in [0.2, 0.25) is 10.0 Å². The van der Waals surface area contributed by atoms with Crippen molar-refractivity contribution in [2.75, 3.05) is 26.1 Å². The molecule has 0 saturated carbocycles. The van der Waals surface area contributed by atoms with Crippen LogP contribution in [0.1, 0.15) is 6.92 Å². The molecule has 0 aliphatic carbocycles. The topological polar surface area (TPSA) is 55.4 Å². The van der Waals surface area contributed by atoms with Crippen LogP contribution in [-0.2, 0) is 14.8 Å². The van der Waals surface area contributed by atoms with E-state index in [0.717, 1.165) is 0 Å². The van der Waals surface area contributed by atoms with Gasteiger partial charge in [-0.3, -0.25) is 0 Å². The predicted molar refractivity (Wildman–Crippen MR) is 49.0 cm³/mol. The quantitative estimate of drug-likeness (QED) is 0.508. The number of hydrogen-bond acceptors (Lipinski definition) is 3. The molecule has 1 N–H and O–H groups in total. The fraction of sp³-hybridized carbons (Fsp3) is 1.00. The van der Waals surface area contributed by atoms with Crippen LogP contribution in [0.3, 0.4) is 0 Å². The zero-order valence-electron chi connectivity index (χ0n) is 7.21. The third-order valence-corrected chi connectivity index (χ3v) is 3.83. The highest BCUT2D eigenvalue weighted by Crippen LogP contribution is 1.99. The molecule has 0 radical (unpaired) electrons. The van der Waals surface area contributed by atoms with Crippen LogP contribution in [0.5, 0.6) is 0 Å². The van der Waals surface area contributed by atoms with Gasteiger partial charge in [-0.1, -0.05) is 0 Å². The first-order chi connectivity index (χ1) is 5.54. The first-order valence-electron chi connectivity index (χ1n) is 3.58. The van der Waals surface area contributed by atoms with Crippen LogP contribution in [0.4, 0.5) is 0 Å².